The number of ether oxygens (including phenoxy) is 3. The van der Waals surface area contributed by atoms with Crippen molar-refractivity contribution in [1.82, 2.24) is 0 Å². The van der Waals surface area contributed by atoms with Crippen molar-refractivity contribution in [2.75, 3.05) is 21.3 Å². The van der Waals surface area contributed by atoms with E-state index in [0.29, 0.717) is 0 Å². The van der Waals surface area contributed by atoms with Crippen LogP contribution in [0.15, 0.2) is 18.2 Å². The second kappa shape index (κ2) is 6.30. The van der Waals surface area contributed by atoms with Crippen LogP contribution >= 0.6 is 0 Å². The first kappa shape index (κ1) is 16.2. The monoisotopic (exact) mass is 300 g/mol. The molecule has 0 unspecified atom stereocenters. The second-order valence-electron chi connectivity index (χ2n) is 5.52. The molecule has 0 aromatic heterocycles. The lowest BCUT2D eigenvalue weighted by Gasteiger charge is -2.19. The Labute approximate surface area is 132 Å². The fraction of sp³-hybridized carbons (Fsp3) is 0.368. The smallest absolute Gasteiger partial charge is 0.134 e. The zero-order valence-corrected chi connectivity index (χ0v) is 14.5. The summed E-state index contributed by atoms with van der Waals surface area (Å²) < 4.78 is 16.5. The first-order valence-corrected chi connectivity index (χ1v) is 7.32. The quantitative estimate of drug-likeness (QED) is 0.825. The number of rotatable bonds is 4. The normalized spacial score (nSPS) is 10.5. The average Bonchev–Trinajstić information content (AvgIpc) is 2.54. The van der Waals surface area contributed by atoms with Gasteiger partial charge >= 0.3 is 0 Å². The van der Waals surface area contributed by atoms with Crippen molar-refractivity contribution in [3.63, 3.8) is 0 Å². The van der Waals surface area contributed by atoms with Gasteiger partial charge in [0.25, 0.3) is 0 Å². The van der Waals surface area contributed by atoms with Crippen LogP contribution in [0.25, 0.3) is 11.1 Å². The van der Waals surface area contributed by atoms with Crippen LogP contribution in [0, 0.1) is 27.7 Å². The first-order chi connectivity index (χ1) is 10.4. The Bertz CT molecular complexity index is 677. The topological polar surface area (TPSA) is 27.7 Å². The molecule has 0 bridgehead atoms. The Kier molecular flexibility index (Phi) is 4.65. The fourth-order valence-electron chi connectivity index (χ4n) is 2.74. The summed E-state index contributed by atoms with van der Waals surface area (Å²) >= 11 is 0. The van der Waals surface area contributed by atoms with E-state index >= 15 is 0 Å². The van der Waals surface area contributed by atoms with Gasteiger partial charge in [0.15, 0.2) is 0 Å². The van der Waals surface area contributed by atoms with Crippen LogP contribution in [0.2, 0.25) is 0 Å². The molecule has 0 aliphatic carbocycles. The van der Waals surface area contributed by atoms with Crippen LogP contribution < -0.4 is 14.2 Å². The Morgan fingerprint density at radius 3 is 1.64 bits per heavy atom. The van der Waals surface area contributed by atoms with E-state index in [9.17, 15) is 0 Å². The van der Waals surface area contributed by atoms with E-state index in [1.54, 1.807) is 21.3 Å². The van der Waals surface area contributed by atoms with Crippen LogP contribution in [-0.4, -0.2) is 21.3 Å². The third kappa shape index (κ3) is 2.63. The van der Waals surface area contributed by atoms with E-state index in [-0.39, 0.29) is 0 Å². The van der Waals surface area contributed by atoms with Crippen LogP contribution in [0.1, 0.15) is 22.3 Å². The highest BCUT2D eigenvalue weighted by molar-refractivity contribution is 5.81. The number of hydrogen-bond donors (Lipinski definition) is 0. The summed E-state index contributed by atoms with van der Waals surface area (Å²) in [6.07, 6.45) is 0. The molecule has 2 aromatic carbocycles. The Balaban J connectivity index is 2.82. The minimum atomic E-state index is 0.718. The van der Waals surface area contributed by atoms with Gasteiger partial charge in [-0.25, -0.2) is 0 Å². The molecule has 0 N–H and O–H groups in total. The maximum absolute atomic E-state index is 5.59. The largest absolute Gasteiger partial charge is 0.496 e. The molecule has 2 rings (SSSR count). The highest BCUT2D eigenvalue weighted by atomic mass is 16.5. The lowest BCUT2D eigenvalue weighted by Crippen LogP contribution is -1.99. The summed E-state index contributed by atoms with van der Waals surface area (Å²) in [5, 5.41) is 0. The summed E-state index contributed by atoms with van der Waals surface area (Å²) in [5.74, 6) is 2.22. The summed E-state index contributed by atoms with van der Waals surface area (Å²) in [4.78, 5) is 0. The molecular formula is C19H24O3. The van der Waals surface area contributed by atoms with Gasteiger partial charge in [0, 0.05) is 12.1 Å². The summed E-state index contributed by atoms with van der Waals surface area (Å²) in [5.41, 5.74) is 7.23. The minimum Gasteiger partial charge on any atom is -0.496 e. The van der Waals surface area contributed by atoms with E-state index < -0.39 is 0 Å². The van der Waals surface area contributed by atoms with Crippen molar-refractivity contribution in [1.29, 1.82) is 0 Å². The number of benzene rings is 2. The third-order valence-corrected chi connectivity index (χ3v) is 4.47. The van der Waals surface area contributed by atoms with Crippen molar-refractivity contribution < 1.29 is 14.2 Å². The molecule has 3 nitrogen and oxygen atoms in total. The maximum atomic E-state index is 5.59. The Hall–Kier alpha value is -2.16. The van der Waals surface area contributed by atoms with E-state index in [1.807, 2.05) is 12.1 Å². The number of methoxy groups -OCH3 is 3. The summed E-state index contributed by atoms with van der Waals surface area (Å²) in [6.45, 7) is 8.58. The molecule has 0 spiro atoms. The van der Waals surface area contributed by atoms with Crippen LogP contribution in [0.4, 0.5) is 0 Å². The fourth-order valence-corrected chi connectivity index (χ4v) is 2.74. The van der Waals surface area contributed by atoms with Gasteiger partial charge in [0.1, 0.15) is 17.2 Å². The minimum absolute atomic E-state index is 0.718. The third-order valence-electron chi connectivity index (χ3n) is 4.47. The zero-order valence-electron chi connectivity index (χ0n) is 14.5. The molecule has 0 heterocycles. The van der Waals surface area contributed by atoms with E-state index in [2.05, 4.69) is 33.8 Å². The van der Waals surface area contributed by atoms with Crippen molar-refractivity contribution in [3.8, 4) is 28.4 Å². The van der Waals surface area contributed by atoms with Gasteiger partial charge in [-0.1, -0.05) is 6.07 Å². The van der Waals surface area contributed by atoms with Gasteiger partial charge in [0.2, 0.25) is 0 Å². The van der Waals surface area contributed by atoms with Crippen molar-refractivity contribution in [2.45, 2.75) is 27.7 Å². The maximum Gasteiger partial charge on any atom is 0.134 e. The predicted molar refractivity (Wildman–Crippen MR) is 90.5 cm³/mol. The molecule has 0 radical (unpaired) electrons. The van der Waals surface area contributed by atoms with Crippen LogP contribution in [0.5, 0.6) is 17.2 Å². The van der Waals surface area contributed by atoms with Crippen molar-refractivity contribution in [3.05, 3.63) is 40.5 Å². The molecule has 0 aliphatic rings. The Morgan fingerprint density at radius 2 is 1.18 bits per heavy atom. The molecule has 0 saturated carbocycles. The molecule has 118 valence electrons. The van der Waals surface area contributed by atoms with Crippen LogP contribution in [-0.2, 0) is 0 Å². The summed E-state index contributed by atoms with van der Waals surface area (Å²) in [7, 11) is 4.97. The lowest BCUT2D eigenvalue weighted by molar-refractivity contribution is 0.377. The molecule has 0 atom stereocenters. The predicted octanol–water partition coefficient (Wildman–Crippen LogP) is 4.61. The molecule has 3 heteroatoms. The molecule has 0 aliphatic heterocycles. The average molecular weight is 300 g/mol. The van der Waals surface area contributed by atoms with Crippen molar-refractivity contribution in [2.24, 2.45) is 0 Å². The number of hydrogen-bond acceptors (Lipinski definition) is 3. The van der Waals surface area contributed by atoms with Gasteiger partial charge < -0.3 is 14.2 Å². The summed E-state index contributed by atoms with van der Waals surface area (Å²) in [6, 6.07) is 5.98. The van der Waals surface area contributed by atoms with E-state index in [0.717, 1.165) is 28.4 Å². The van der Waals surface area contributed by atoms with Gasteiger partial charge in [0.05, 0.1) is 26.9 Å². The van der Waals surface area contributed by atoms with Crippen LogP contribution in [0.3, 0.4) is 0 Å². The van der Waals surface area contributed by atoms with E-state index in [1.165, 1.54) is 22.3 Å². The lowest BCUT2D eigenvalue weighted by atomic mass is 9.90. The molecule has 22 heavy (non-hydrogen) atoms. The highest BCUT2D eigenvalue weighted by Crippen LogP contribution is 2.44. The zero-order chi connectivity index (χ0) is 16.4. The van der Waals surface area contributed by atoms with Gasteiger partial charge in [-0.15, -0.1) is 0 Å². The van der Waals surface area contributed by atoms with Gasteiger partial charge in [-0.2, -0.15) is 0 Å². The molecular weight excluding hydrogens is 276 g/mol. The SMILES string of the molecule is COc1cc(OC)c(-c2cc(C)c(C)c(C)c2C)c(OC)c1. The second-order valence-corrected chi connectivity index (χ2v) is 5.52. The molecule has 0 fully saturated rings. The van der Waals surface area contributed by atoms with Crippen molar-refractivity contribution >= 4 is 0 Å². The van der Waals surface area contributed by atoms with Gasteiger partial charge in [-0.3, -0.25) is 0 Å². The Morgan fingerprint density at radius 1 is 0.636 bits per heavy atom. The highest BCUT2D eigenvalue weighted by Gasteiger charge is 2.19. The van der Waals surface area contributed by atoms with E-state index in [4.69, 9.17) is 14.2 Å². The molecule has 2 aromatic rings. The first-order valence-electron chi connectivity index (χ1n) is 7.32. The number of aryl methyl sites for hydroxylation is 1. The molecule has 0 saturated heterocycles. The molecule has 0 amide bonds. The van der Waals surface area contributed by atoms with Gasteiger partial charge in [-0.05, 0) is 55.5 Å². The standard InChI is InChI=1S/C19H24O3/c1-11-8-16(14(4)13(3)12(11)2)19-17(21-6)9-15(20-5)10-18(19)22-7/h8-10H,1-7H3.